The van der Waals surface area contributed by atoms with Crippen LogP contribution in [0.5, 0.6) is 5.75 Å². The van der Waals surface area contributed by atoms with Gasteiger partial charge in [0.1, 0.15) is 24.5 Å². The van der Waals surface area contributed by atoms with E-state index in [9.17, 15) is 36.7 Å². The zero-order valence-electron chi connectivity index (χ0n) is 20.2. The summed E-state index contributed by atoms with van der Waals surface area (Å²) in [6, 6.07) is -1.60. The molecule has 1 aromatic heterocycles. The van der Waals surface area contributed by atoms with Crippen molar-refractivity contribution in [3.63, 3.8) is 0 Å². The third kappa shape index (κ3) is 7.07. The summed E-state index contributed by atoms with van der Waals surface area (Å²) in [5.41, 5.74) is -0.0665. The number of aliphatic carboxylic acids is 1. The number of Topliss-reactive ketones (excluding diaryl/α,β-unsaturated/α-hetero) is 1. The highest BCUT2D eigenvalue weighted by atomic mass is 19.2. The van der Waals surface area contributed by atoms with Gasteiger partial charge in [0.15, 0.2) is 28.9 Å². The molecule has 0 aliphatic heterocycles. The number of hydrogen-bond donors (Lipinski definition) is 3. The lowest BCUT2D eigenvalue weighted by molar-refractivity contribution is -0.140. The van der Waals surface area contributed by atoms with Crippen LogP contribution in [-0.4, -0.2) is 52.5 Å². The number of amides is 2. The Morgan fingerprint density at radius 2 is 1.68 bits per heavy atom. The van der Waals surface area contributed by atoms with Crippen molar-refractivity contribution < 1.29 is 51.1 Å². The SMILES string of the molecule is C[C@H](NC(=O)c1cc(C2CCCCC2)on1)C(=O)N[C@@H](CC(=O)O)C(=O)COc1c(F)c(F)cc(F)c1F. The van der Waals surface area contributed by atoms with Crippen LogP contribution in [0, 0.1) is 23.3 Å². The molecule has 3 rings (SSSR count). The summed E-state index contributed by atoms with van der Waals surface area (Å²) < 4.78 is 64.0. The fraction of sp³-hybridized carbons (Fsp3) is 0.458. The monoisotopic (exact) mass is 543 g/mol. The smallest absolute Gasteiger partial charge is 0.305 e. The highest BCUT2D eigenvalue weighted by Gasteiger charge is 2.29. The number of aromatic nitrogens is 1. The van der Waals surface area contributed by atoms with Crippen LogP contribution in [0.15, 0.2) is 16.7 Å². The van der Waals surface area contributed by atoms with Crippen LogP contribution in [0.3, 0.4) is 0 Å². The maximum Gasteiger partial charge on any atom is 0.305 e. The fourth-order valence-electron chi connectivity index (χ4n) is 3.95. The van der Waals surface area contributed by atoms with Gasteiger partial charge < -0.3 is 25.0 Å². The van der Waals surface area contributed by atoms with E-state index in [0.29, 0.717) is 5.76 Å². The lowest BCUT2D eigenvalue weighted by Crippen LogP contribution is -2.51. The van der Waals surface area contributed by atoms with Gasteiger partial charge in [0.25, 0.3) is 5.91 Å². The minimum atomic E-state index is -1.90. The Balaban J connectivity index is 1.60. The molecular weight excluding hydrogens is 518 g/mol. The van der Waals surface area contributed by atoms with Crippen molar-refractivity contribution in [2.75, 3.05) is 6.61 Å². The molecule has 0 bridgehead atoms. The number of ether oxygens (including phenoxy) is 1. The Morgan fingerprint density at radius 1 is 1.05 bits per heavy atom. The molecule has 2 amide bonds. The summed E-state index contributed by atoms with van der Waals surface area (Å²) in [7, 11) is 0. The van der Waals surface area contributed by atoms with Gasteiger partial charge in [-0.1, -0.05) is 24.4 Å². The molecule has 206 valence electrons. The predicted molar refractivity (Wildman–Crippen MR) is 120 cm³/mol. The summed E-state index contributed by atoms with van der Waals surface area (Å²) in [4.78, 5) is 48.7. The Kier molecular flexibility index (Phi) is 9.42. The molecular formula is C24H25F4N3O7. The van der Waals surface area contributed by atoms with Gasteiger partial charge in [-0.3, -0.25) is 19.2 Å². The van der Waals surface area contributed by atoms with Crippen molar-refractivity contribution in [2.45, 2.75) is 63.5 Å². The van der Waals surface area contributed by atoms with Crippen LogP contribution in [0.4, 0.5) is 17.6 Å². The molecule has 0 spiro atoms. The molecule has 1 aromatic carbocycles. The second-order valence-corrected chi connectivity index (χ2v) is 8.86. The molecule has 1 aliphatic rings. The lowest BCUT2D eigenvalue weighted by atomic mass is 9.87. The van der Waals surface area contributed by atoms with Crippen LogP contribution in [0.2, 0.25) is 0 Å². The van der Waals surface area contributed by atoms with E-state index >= 15 is 0 Å². The van der Waals surface area contributed by atoms with E-state index in [0.717, 1.165) is 32.1 Å². The van der Waals surface area contributed by atoms with Gasteiger partial charge in [0.05, 0.1) is 6.42 Å². The third-order valence-corrected chi connectivity index (χ3v) is 6.02. The number of ketones is 1. The molecule has 0 radical (unpaired) electrons. The molecule has 1 aliphatic carbocycles. The number of carbonyl (C=O) groups excluding carboxylic acids is 3. The zero-order valence-corrected chi connectivity index (χ0v) is 20.2. The van der Waals surface area contributed by atoms with Gasteiger partial charge in [0, 0.05) is 18.1 Å². The zero-order chi connectivity index (χ0) is 28.0. The van der Waals surface area contributed by atoms with E-state index in [1.807, 2.05) is 0 Å². The number of carboxylic acids is 1. The van der Waals surface area contributed by atoms with Crippen LogP contribution < -0.4 is 15.4 Å². The highest BCUT2D eigenvalue weighted by molar-refractivity contribution is 5.98. The first-order chi connectivity index (χ1) is 18.0. The summed E-state index contributed by atoms with van der Waals surface area (Å²) in [5, 5.41) is 17.3. The maximum absolute atomic E-state index is 13.8. The van der Waals surface area contributed by atoms with Crippen molar-refractivity contribution in [1.82, 2.24) is 15.8 Å². The molecule has 0 saturated heterocycles. The van der Waals surface area contributed by atoms with Gasteiger partial charge in [-0.25, -0.2) is 8.78 Å². The molecule has 1 saturated carbocycles. The van der Waals surface area contributed by atoms with E-state index in [4.69, 9.17) is 9.63 Å². The molecule has 1 fully saturated rings. The molecule has 0 unspecified atom stereocenters. The first-order valence-electron chi connectivity index (χ1n) is 11.8. The minimum Gasteiger partial charge on any atom is -0.481 e. The van der Waals surface area contributed by atoms with E-state index < -0.39 is 77.7 Å². The van der Waals surface area contributed by atoms with E-state index in [1.54, 1.807) is 0 Å². The highest BCUT2D eigenvalue weighted by Crippen LogP contribution is 2.32. The quantitative estimate of drug-likeness (QED) is 0.290. The number of nitrogens with one attached hydrogen (secondary N) is 2. The summed E-state index contributed by atoms with van der Waals surface area (Å²) in [6.45, 7) is 0.0347. The molecule has 2 atom stereocenters. The van der Waals surface area contributed by atoms with Gasteiger partial charge in [0.2, 0.25) is 17.5 Å². The van der Waals surface area contributed by atoms with E-state index in [-0.39, 0.29) is 17.7 Å². The normalized spacial score (nSPS) is 15.4. The number of hydrogen-bond acceptors (Lipinski definition) is 7. The van der Waals surface area contributed by atoms with Gasteiger partial charge in [-0.05, 0) is 19.8 Å². The standard InChI is InChI=1S/C24H25F4N3O7/c1-11(29-24(36)16-8-18(38-31-16)12-5-3-2-4-6-12)23(35)30-15(9-19(33)34)17(32)10-37-22-20(27)13(25)7-14(26)21(22)28/h7-8,11-12,15H,2-6,9-10H2,1H3,(H,29,36)(H,30,35)(H,33,34)/t11-,15-/m0/s1. The molecule has 2 aromatic rings. The van der Waals surface area contributed by atoms with Crippen LogP contribution in [-0.2, 0) is 14.4 Å². The van der Waals surface area contributed by atoms with Crippen LogP contribution in [0.1, 0.15) is 67.6 Å². The van der Waals surface area contributed by atoms with Crippen molar-refractivity contribution in [3.8, 4) is 5.75 Å². The van der Waals surface area contributed by atoms with Crippen molar-refractivity contribution in [3.05, 3.63) is 46.9 Å². The number of nitrogens with zero attached hydrogens (tertiary/aromatic N) is 1. The molecule has 3 N–H and O–H groups in total. The fourth-order valence-corrected chi connectivity index (χ4v) is 3.95. The molecule has 14 heteroatoms. The van der Waals surface area contributed by atoms with Gasteiger partial charge >= 0.3 is 5.97 Å². The first-order valence-corrected chi connectivity index (χ1v) is 11.8. The Labute approximate surface area is 213 Å². The van der Waals surface area contributed by atoms with E-state index in [1.165, 1.54) is 13.0 Å². The van der Waals surface area contributed by atoms with Crippen molar-refractivity contribution >= 4 is 23.6 Å². The maximum atomic E-state index is 13.8. The summed E-state index contributed by atoms with van der Waals surface area (Å²) in [5.74, 6) is -12.6. The summed E-state index contributed by atoms with van der Waals surface area (Å²) >= 11 is 0. The molecule has 38 heavy (non-hydrogen) atoms. The topological polar surface area (TPSA) is 148 Å². The number of halogens is 4. The Morgan fingerprint density at radius 3 is 2.29 bits per heavy atom. The predicted octanol–water partition coefficient (Wildman–Crippen LogP) is 3.00. The number of benzene rings is 1. The largest absolute Gasteiger partial charge is 0.481 e. The van der Waals surface area contributed by atoms with Crippen molar-refractivity contribution in [1.29, 1.82) is 0 Å². The van der Waals surface area contributed by atoms with Crippen molar-refractivity contribution in [2.24, 2.45) is 0 Å². The molecule has 10 nitrogen and oxygen atoms in total. The second-order valence-electron chi connectivity index (χ2n) is 8.86. The lowest BCUT2D eigenvalue weighted by Gasteiger charge is -2.20. The van der Waals surface area contributed by atoms with Gasteiger partial charge in [-0.15, -0.1) is 0 Å². The average Bonchev–Trinajstić information content (AvgIpc) is 3.38. The average molecular weight is 543 g/mol. The molecule has 1 heterocycles. The third-order valence-electron chi connectivity index (χ3n) is 6.02. The Bertz CT molecular complexity index is 1190. The summed E-state index contributed by atoms with van der Waals surface area (Å²) in [6.07, 6.45) is 4.06. The number of carboxylic acid groups (broad SMARTS) is 1. The van der Waals surface area contributed by atoms with Gasteiger partial charge in [-0.2, -0.15) is 8.78 Å². The van der Waals surface area contributed by atoms with Crippen LogP contribution in [0.25, 0.3) is 0 Å². The van der Waals surface area contributed by atoms with Crippen LogP contribution >= 0.6 is 0 Å². The number of rotatable bonds is 11. The second kappa shape index (κ2) is 12.5. The minimum absolute atomic E-state index is 0.0572. The first kappa shape index (κ1) is 28.6. The number of carbonyl (C=O) groups is 4. The Hall–Kier alpha value is -3.97. The van der Waals surface area contributed by atoms with E-state index in [2.05, 4.69) is 20.5 Å².